The third kappa shape index (κ3) is 4.06. The fourth-order valence-electron chi connectivity index (χ4n) is 4.09. The van der Waals surface area contributed by atoms with Crippen LogP contribution >= 0.6 is 0 Å². The lowest BCUT2D eigenvalue weighted by molar-refractivity contribution is -0.286. The molecule has 0 saturated heterocycles. The number of nitrogens with zero attached hydrogens (tertiary/aromatic N) is 3. The van der Waals surface area contributed by atoms with Gasteiger partial charge in [0.05, 0.1) is 11.4 Å². The minimum absolute atomic E-state index is 0.0656. The van der Waals surface area contributed by atoms with Gasteiger partial charge in [0.15, 0.2) is 17.2 Å². The van der Waals surface area contributed by atoms with Crippen molar-refractivity contribution in [3.63, 3.8) is 0 Å². The van der Waals surface area contributed by atoms with E-state index in [9.17, 15) is 22.0 Å². The van der Waals surface area contributed by atoms with Crippen LogP contribution < -0.4 is 20.5 Å². The van der Waals surface area contributed by atoms with Crippen LogP contribution in [0.1, 0.15) is 41.4 Å². The van der Waals surface area contributed by atoms with Crippen LogP contribution in [0.4, 0.5) is 27.8 Å². The molecule has 0 spiro atoms. The van der Waals surface area contributed by atoms with E-state index in [1.165, 1.54) is 23.0 Å². The Balaban J connectivity index is 1.40. The Morgan fingerprint density at radius 3 is 2.73 bits per heavy atom. The maximum atomic E-state index is 13.6. The summed E-state index contributed by atoms with van der Waals surface area (Å²) in [5, 5.41) is 6.87. The van der Waals surface area contributed by atoms with Gasteiger partial charge in [0.2, 0.25) is 0 Å². The predicted octanol–water partition coefficient (Wildman–Crippen LogP) is 4.56. The Hall–Kier alpha value is -3.41. The van der Waals surface area contributed by atoms with Crippen LogP contribution in [-0.4, -0.2) is 21.1 Å². The molecule has 1 unspecified atom stereocenters. The van der Waals surface area contributed by atoms with E-state index in [1.807, 2.05) is 0 Å². The molecule has 2 aromatic heterocycles. The third-order valence-corrected chi connectivity index (χ3v) is 5.51. The van der Waals surface area contributed by atoms with Gasteiger partial charge in [-0.3, -0.25) is 0 Å². The normalized spacial score (nSPS) is 18.8. The summed E-state index contributed by atoms with van der Waals surface area (Å²) in [5.74, 6) is 0.208. The minimum Gasteiger partial charge on any atom is -0.395 e. The van der Waals surface area contributed by atoms with Crippen molar-refractivity contribution >= 4 is 5.82 Å². The second kappa shape index (κ2) is 7.58. The Morgan fingerprint density at radius 1 is 1.15 bits per heavy atom. The molecule has 0 radical (unpaired) electrons. The Bertz CT molecular complexity index is 1210. The summed E-state index contributed by atoms with van der Waals surface area (Å²) in [4.78, 5) is 4.18. The van der Waals surface area contributed by atoms with Crippen molar-refractivity contribution in [2.75, 3.05) is 5.32 Å². The molecule has 0 amide bonds. The molecule has 33 heavy (non-hydrogen) atoms. The first kappa shape index (κ1) is 21.4. The van der Waals surface area contributed by atoms with E-state index in [4.69, 9.17) is 5.73 Å². The monoisotopic (exact) mass is 467 g/mol. The molecule has 3 N–H and O–H groups in total. The van der Waals surface area contributed by atoms with Gasteiger partial charge in [-0.25, -0.2) is 9.67 Å². The first-order valence-corrected chi connectivity index (χ1v) is 10.1. The van der Waals surface area contributed by atoms with Gasteiger partial charge in [-0.05, 0) is 43.0 Å². The molecule has 3 aromatic rings. The Kier molecular flexibility index (Phi) is 4.92. The van der Waals surface area contributed by atoms with Gasteiger partial charge in [0.25, 0.3) is 0 Å². The van der Waals surface area contributed by atoms with Crippen LogP contribution in [0, 0.1) is 0 Å². The number of alkyl halides is 5. The number of nitrogens with two attached hydrogens (primary N) is 1. The van der Waals surface area contributed by atoms with E-state index in [0.29, 0.717) is 35.6 Å². The van der Waals surface area contributed by atoms with Crippen molar-refractivity contribution in [2.24, 2.45) is 5.73 Å². The number of anilines is 1. The van der Waals surface area contributed by atoms with Crippen LogP contribution in [0.15, 0.2) is 36.5 Å². The maximum absolute atomic E-state index is 13.6. The van der Waals surface area contributed by atoms with E-state index in [2.05, 4.69) is 24.9 Å². The summed E-state index contributed by atoms with van der Waals surface area (Å²) < 4.78 is 77.1. The minimum atomic E-state index is -4.59. The summed E-state index contributed by atoms with van der Waals surface area (Å²) >= 11 is 0. The molecule has 1 atom stereocenters. The number of fused-ring (bicyclic) bond motifs is 2. The van der Waals surface area contributed by atoms with Crippen molar-refractivity contribution < 1.29 is 31.4 Å². The lowest BCUT2D eigenvalue weighted by Gasteiger charge is -2.21. The fraction of sp³-hybridized carbons (Fsp3) is 0.333. The lowest BCUT2D eigenvalue weighted by atomic mass is 9.92. The molecule has 3 heterocycles. The van der Waals surface area contributed by atoms with Crippen molar-refractivity contribution in [2.45, 2.75) is 44.3 Å². The van der Waals surface area contributed by atoms with Crippen LogP contribution in [-0.2, 0) is 19.1 Å². The van der Waals surface area contributed by atoms with Crippen molar-refractivity contribution in [3.05, 3.63) is 59.0 Å². The van der Waals surface area contributed by atoms with Gasteiger partial charge in [0, 0.05) is 30.4 Å². The van der Waals surface area contributed by atoms with E-state index in [1.54, 1.807) is 18.2 Å². The molecule has 1 aliphatic heterocycles. The van der Waals surface area contributed by atoms with E-state index >= 15 is 0 Å². The second-order valence-corrected chi connectivity index (χ2v) is 7.82. The van der Waals surface area contributed by atoms with Gasteiger partial charge >= 0.3 is 12.5 Å². The summed E-state index contributed by atoms with van der Waals surface area (Å²) in [6.07, 6.45) is -5.46. The number of benzene rings is 1. The van der Waals surface area contributed by atoms with Gasteiger partial charge in [0.1, 0.15) is 5.82 Å². The lowest BCUT2D eigenvalue weighted by Crippen LogP contribution is -2.25. The standard InChI is InChI=1S/C21H18F5N5O2/c22-20(23,24)19-13-2-1-3-14(27)18(13)31(30-19)12-6-7-28-17(9-12)29-10-11-4-5-15-16(8-11)33-21(25,26)32-15/h4-9,14H,1-3,10,27H2,(H,28,29). The topological polar surface area (TPSA) is 87.2 Å². The molecule has 7 nitrogen and oxygen atoms in total. The summed E-state index contributed by atoms with van der Waals surface area (Å²) in [5.41, 5.74) is 6.69. The fourth-order valence-corrected chi connectivity index (χ4v) is 4.09. The number of nitrogens with one attached hydrogen (secondary N) is 1. The Labute approximate surface area is 184 Å². The molecule has 1 aliphatic carbocycles. The average Bonchev–Trinajstić information content (AvgIpc) is 3.29. The van der Waals surface area contributed by atoms with Crippen LogP contribution in [0.3, 0.4) is 0 Å². The van der Waals surface area contributed by atoms with Crippen LogP contribution in [0.5, 0.6) is 11.5 Å². The summed E-state index contributed by atoms with van der Waals surface area (Å²) in [6.45, 7) is 0.198. The highest BCUT2D eigenvalue weighted by molar-refractivity contribution is 5.49. The maximum Gasteiger partial charge on any atom is 0.586 e. The van der Waals surface area contributed by atoms with E-state index in [0.717, 1.165) is 0 Å². The van der Waals surface area contributed by atoms with Crippen molar-refractivity contribution in [3.8, 4) is 17.2 Å². The molecule has 174 valence electrons. The molecule has 5 rings (SSSR count). The number of aromatic nitrogens is 3. The zero-order valence-electron chi connectivity index (χ0n) is 17.0. The first-order chi connectivity index (χ1) is 15.6. The van der Waals surface area contributed by atoms with Gasteiger partial charge in [-0.1, -0.05) is 6.07 Å². The molecule has 2 aliphatic rings. The number of rotatable bonds is 4. The van der Waals surface area contributed by atoms with Gasteiger partial charge < -0.3 is 20.5 Å². The van der Waals surface area contributed by atoms with Crippen molar-refractivity contribution in [1.82, 2.24) is 14.8 Å². The molecule has 12 heteroatoms. The number of ether oxygens (including phenoxy) is 2. The van der Waals surface area contributed by atoms with Crippen LogP contribution in [0.2, 0.25) is 0 Å². The zero-order valence-corrected chi connectivity index (χ0v) is 17.0. The molecule has 1 aromatic carbocycles. The molecule has 0 bridgehead atoms. The number of hydrogen-bond acceptors (Lipinski definition) is 6. The number of pyridine rings is 1. The zero-order chi connectivity index (χ0) is 23.4. The summed E-state index contributed by atoms with van der Waals surface area (Å²) in [6, 6.07) is 6.89. The molecule has 0 fully saturated rings. The third-order valence-electron chi connectivity index (χ3n) is 5.51. The Morgan fingerprint density at radius 2 is 1.94 bits per heavy atom. The van der Waals surface area contributed by atoms with Crippen molar-refractivity contribution in [1.29, 1.82) is 0 Å². The highest BCUT2D eigenvalue weighted by Gasteiger charge is 2.43. The molecular formula is C21H18F5N5O2. The van der Waals surface area contributed by atoms with Crippen LogP contribution in [0.25, 0.3) is 5.69 Å². The van der Waals surface area contributed by atoms with E-state index < -0.39 is 24.2 Å². The molecule has 0 saturated carbocycles. The summed E-state index contributed by atoms with van der Waals surface area (Å²) in [7, 11) is 0. The highest BCUT2D eigenvalue weighted by Crippen LogP contribution is 2.42. The first-order valence-electron chi connectivity index (χ1n) is 10.1. The number of hydrogen-bond donors (Lipinski definition) is 2. The van der Waals surface area contributed by atoms with E-state index in [-0.39, 0.29) is 30.0 Å². The van der Waals surface area contributed by atoms with Gasteiger partial charge in [-0.15, -0.1) is 8.78 Å². The SMILES string of the molecule is NC1CCCc2c(C(F)(F)F)nn(-c3ccnc(NCc4ccc5c(c4)OC(F)(F)O5)c3)c21. The second-order valence-electron chi connectivity index (χ2n) is 7.82. The molecular weight excluding hydrogens is 449 g/mol. The highest BCUT2D eigenvalue weighted by atomic mass is 19.4. The number of halogens is 5. The largest absolute Gasteiger partial charge is 0.586 e. The predicted molar refractivity (Wildman–Crippen MR) is 106 cm³/mol. The smallest absolute Gasteiger partial charge is 0.395 e. The van der Waals surface area contributed by atoms with Gasteiger partial charge in [-0.2, -0.15) is 18.3 Å². The quantitative estimate of drug-likeness (QED) is 0.548. The average molecular weight is 467 g/mol.